The predicted molar refractivity (Wildman–Crippen MR) is 103 cm³/mol. The molecule has 0 atom stereocenters. The summed E-state index contributed by atoms with van der Waals surface area (Å²) in [4.78, 5) is 17.0. The number of ether oxygens (including phenoxy) is 3. The van der Waals surface area contributed by atoms with Crippen molar-refractivity contribution in [3.05, 3.63) is 71.5 Å². The van der Waals surface area contributed by atoms with Crippen molar-refractivity contribution in [3.63, 3.8) is 0 Å². The van der Waals surface area contributed by atoms with Gasteiger partial charge in [-0.2, -0.15) is 0 Å². The fraction of sp³-hybridized carbons (Fsp3) is 0.238. The van der Waals surface area contributed by atoms with Gasteiger partial charge in [-0.3, -0.25) is 0 Å². The predicted octanol–water partition coefficient (Wildman–Crippen LogP) is 3.80. The summed E-state index contributed by atoms with van der Waals surface area (Å²) in [6.07, 6.45) is 3.00. The fourth-order valence-corrected chi connectivity index (χ4v) is 2.38. The standard InChI is InChI=1S/C21H23NO5/c1-4-27-22-13-16-8-7-10-18(12-16)26-14-17-9-5-6-11-19(17)20(15-24-2)21(23)25-3/h5-13,15H,4,14H2,1-3H3/b20-15+,22-13+. The maximum atomic E-state index is 12.1. The Balaban J connectivity index is 2.18. The average Bonchev–Trinajstić information content (AvgIpc) is 2.71. The smallest absolute Gasteiger partial charge is 0.341 e. The first-order chi connectivity index (χ1) is 13.2. The molecule has 2 rings (SSSR count). The van der Waals surface area contributed by atoms with Crippen LogP contribution in [0.25, 0.3) is 5.57 Å². The highest BCUT2D eigenvalue weighted by atomic mass is 16.6. The number of esters is 1. The van der Waals surface area contributed by atoms with E-state index in [0.717, 1.165) is 11.1 Å². The molecule has 0 bridgehead atoms. The van der Waals surface area contributed by atoms with E-state index in [4.69, 9.17) is 19.0 Å². The van der Waals surface area contributed by atoms with E-state index in [1.165, 1.54) is 20.5 Å². The van der Waals surface area contributed by atoms with E-state index in [1.54, 1.807) is 6.21 Å². The molecular formula is C21H23NO5. The Morgan fingerprint density at radius 2 is 1.93 bits per heavy atom. The molecule has 0 aromatic heterocycles. The van der Waals surface area contributed by atoms with Gasteiger partial charge in [0.05, 0.1) is 26.7 Å². The lowest BCUT2D eigenvalue weighted by Crippen LogP contribution is -2.08. The highest BCUT2D eigenvalue weighted by Gasteiger charge is 2.16. The maximum absolute atomic E-state index is 12.1. The zero-order valence-corrected chi connectivity index (χ0v) is 15.7. The van der Waals surface area contributed by atoms with E-state index in [9.17, 15) is 4.79 Å². The van der Waals surface area contributed by atoms with Crippen molar-refractivity contribution < 1.29 is 23.8 Å². The molecule has 0 fully saturated rings. The summed E-state index contributed by atoms with van der Waals surface area (Å²) in [6, 6.07) is 14.9. The quantitative estimate of drug-likeness (QED) is 0.221. The van der Waals surface area contributed by atoms with Gasteiger partial charge in [0.1, 0.15) is 24.5 Å². The van der Waals surface area contributed by atoms with Crippen molar-refractivity contribution in [3.8, 4) is 5.75 Å². The minimum Gasteiger partial charge on any atom is -0.503 e. The van der Waals surface area contributed by atoms with Gasteiger partial charge in [0.2, 0.25) is 0 Å². The van der Waals surface area contributed by atoms with Crippen LogP contribution >= 0.6 is 0 Å². The molecule has 2 aromatic rings. The maximum Gasteiger partial charge on any atom is 0.341 e. The average molecular weight is 369 g/mol. The van der Waals surface area contributed by atoms with Crippen LogP contribution in [0.3, 0.4) is 0 Å². The van der Waals surface area contributed by atoms with Gasteiger partial charge in [-0.1, -0.05) is 41.6 Å². The molecule has 0 saturated heterocycles. The SMILES string of the molecule is CCO/N=C/c1cccc(OCc2ccccc2/C(=C\OC)C(=O)OC)c1. The van der Waals surface area contributed by atoms with Gasteiger partial charge in [-0.05, 0) is 35.7 Å². The van der Waals surface area contributed by atoms with Crippen LogP contribution in [0.15, 0.2) is 59.9 Å². The highest BCUT2D eigenvalue weighted by Crippen LogP contribution is 2.23. The molecule has 142 valence electrons. The van der Waals surface area contributed by atoms with Crippen LogP contribution in [0.1, 0.15) is 23.6 Å². The van der Waals surface area contributed by atoms with E-state index >= 15 is 0 Å². The zero-order chi connectivity index (χ0) is 19.5. The summed E-state index contributed by atoms with van der Waals surface area (Å²) in [5.41, 5.74) is 2.72. The molecule has 0 radical (unpaired) electrons. The number of carbonyl (C=O) groups is 1. The van der Waals surface area contributed by atoms with Crippen LogP contribution < -0.4 is 4.74 Å². The first kappa shape index (κ1) is 20.0. The lowest BCUT2D eigenvalue weighted by molar-refractivity contribution is -0.133. The van der Waals surface area contributed by atoms with Gasteiger partial charge in [0.25, 0.3) is 0 Å². The second-order valence-corrected chi connectivity index (χ2v) is 5.43. The van der Waals surface area contributed by atoms with Crippen LogP contribution in [0.5, 0.6) is 5.75 Å². The molecular weight excluding hydrogens is 346 g/mol. The first-order valence-electron chi connectivity index (χ1n) is 8.47. The molecule has 0 aliphatic rings. The van der Waals surface area contributed by atoms with Crippen molar-refractivity contribution in [1.82, 2.24) is 0 Å². The Hall–Kier alpha value is -3.28. The van der Waals surface area contributed by atoms with Crippen molar-refractivity contribution in [2.75, 3.05) is 20.8 Å². The van der Waals surface area contributed by atoms with Crippen LogP contribution in [-0.4, -0.2) is 33.0 Å². The Morgan fingerprint density at radius 3 is 2.67 bits per heavy atom. The van der Waals surface area contributed by atoms with Gasteiger partial charge in [-0.25, -0.2) is 4.79 Å². The van der Waals surface area contributed by atoms with Crippen molar-refractivity contribution >= 4 is 17.8 Å². The molecule has 0 amide bonds. The van der Waals surface area contributed by atoms with E-state index in [2.05, 4.69) is 5.16 Å². The molecule has 0 heterocycles. The second kappa shape index (κ2) is 10.7. The number of hydrogen-bond acceptors (Lipinski definition) is 6. The molecule has 0 aliphatic carbocycles. The van der Waals surface area contributed by atoms with E-state index in [0.29, 0.717) is 23.5 Å². The number of nitrogens with zero attached hydrogens (tertiary/aromatic N) is 1. The van der Waals surface area contributed by atoms with E-state index in [-0.39, 0.29) is 6.61 Å². The van der Waals surface area contributed by atoms with Gasteiger partial charge >= 0.3 is 5.97 Å². The highest BCUT2D eigenvalue weighted by molar-refractivity contribution is 6.16. The van der Waals surface area contributed by atoms with Crippen LogP contribution in [0.4, 0.5) is 0 Å². The van der Waals surface area contributed by atoms with Gasteiger partial charge < -0.3 is 19.0 Å². The minimum absolute atomic E-state index is 0.278. The Labute approximate surface area is 159 Å². The number of rotatable bonds is 9. The van der Waals surface area contributed by atoms with Crippen molar-refractivity contribution in [1.29, 1.82) is 0 Å². The summed E-state index contributed by atoms with van der Waals surface area (Å²) < 4.78 is 15.8. The summed E-state index contributed by atoms with van der Waals surface area (Å²) in [6.45, 7) is 2.66. The van der Waals surface area contributed by atoms with Crippen LogP contribution in [0.2, 0.25) is 0 Å². The summed E-state index contributed by atoms with van der Waals surface area (Å²) in [5, 5.41) is 3.85. The summed E-state index contributed by atoms with van der Waals surface area (Å²) >= 11 is 0. The third-order valence-corrected chi connectivity index (χ3v) is 3.61. The van der Waals surface area contributed by atoms with Crippen LogP contribution in [0, 0.1) is 0 Å². The van der Waals surface area contributed by atoms with Gasteiger partial charge in [0.15, 0.2) is 0 Å². The van der Waals surface area contributed by atoms with E-state index in [1.807, 2.05) is 55.5 Å². The van der Waals surface area contributed by atoms with Gasteiger partial charge in [0, 0.05) is 0 Å². The molecule has 6 nitrogen and oxygen atoms in total. The lowest BCUT2D eigenvalue weighted by Gasteiger charge is -2.13. The second-order valence-electron chi connectivity index (χ2n) is 5.43. The Bertz CT molecular complexity index is 814. The molecule has 27 heavy (non-hydrogen) atoms. The molecule has 0 saturated carbocycles. The molecule has 0 N–H and O–H groups in total. The minimum atomic E-state index is -0.474. The molecule has 6 heteroatoms. The topological polar surface area (TPSA) is 66.3 Å². The first-order valence-corrected chi connectivity index (χ1v) is 8.47. The Morgan fingerprint density at radius 1 is 1.11 bits per heavy atom. The fourth-order valence-electron chi connectivity index (χ4n) is 2.38. The third kappa shape index (κ3) is 5.88. The number of methoxy groups -OCH3 is 2. The molecule has 0 spiro atoms. The lowest BCUT2D eigenvalue weighted by atomic mass is 10.0. The molecule has 0 unspecified atom stereocenters. The summed E-state index contributed by atoms with van der Waals surface area (Å²) in [5.74, 6) is 0.207. The molecule has 2 aromatic carbocycles. The zero-order valence-electron chi connectivity index (χ0n) is 15.7. The normalized spacial score (nSPS) is 11.3. The summed E-state index contributed by atoms with van der Waals surface area (Å²) in [7, 11) is 2.82. The molecule has 0 aliphatic heterocycles. The monoisotopic (exact) mass is 369 g/mol. The van der Waals surface area contributed by atoms with Crippen molar-refractivity contribution in [2.45, 2.75) is 13.5 Å². The Kier molecular flexibility index (Phi) is 7.91. The van der Waals surface area contributed by atoms with Crippen molar-refractivity contribution in [2.24, 2.45) is 5.16 Å². The van der Waals surface area contributed by atoms with E-state index < -0.39 is 5.97 Å². The number of carbonyl (C=O) groups excluding carboxylic acids is 1. The number of oxime groups is 1. The third-order valence-electron chi connectivity index (χ3n) is 3.61. The number of benzene rings is 2. The van der Waals surface area contributed by atoms with Crippen LogP contribution in [-0.2, 0) is 25.7 Å². The van der Waals surface area contributed by atoms with Gasteiger partial charge in [-0.15, -0.1) is 0 Å². The largest absolute Gasteiger partial charge is 0.503 e. The number of hydrogen-bond donors (Lipinski definition) is 0.